The second kappa shape index (κ2) is 4.00. The van der Waals surface area contributed by atoms with E-state index in [2.05, 4.69) is 26.0 Å². The standard InChI is InChI=1S/C9H9BrN4O/c10-6-3-1-2-4-7(6)14-9(15)12-8(5-11)13-14/h1-4H,5,11H2,(H,12,13,15). The highest BCUT2D eigenvalue weighted by Gasteiger charge is 2.07. The second-order valence-corrected chi connectivity index (χ2v) is 3.80. The van der Waals surface area contributed by atoms with Crippen molar-refractivity contribution in [3.05, 3.63) is 45.0 Å². The van der Waals surface area contributed by atoms with Crippen LogP contribution in [-0.2, 0) is 6.54 Å². The zero-order valence-corrected chi connectivity index (χ0v) is 9.36. The molecule has 1 heterocycles. The summed E-state index contributed by atoms with van der Waals surface area (Å²) >= 11 is 3.35. The lowest BCUT2D eigenvalue weighted by atomic mass is 10.3. The number of rotatable bonds is 2. The normalized spacial score (nSPS) is 10.5. The minimum absolute atomic E-state index is 0.215. The molecule has 1 aromatic carbocycles. The van der Waals surface area contributed by atoms with Crippen molar-refractivity contribution in [3.8, 4) is 5.69 Å². The van der Waals surface area contributed by atoms with Crippen LogP contribution < -0.4 is 11.4 Å². The number of H-pyrrole nitrogens is 1. The lowest BCUT2D eigenvalue weighted by molar-refractivity contribution is 0.810. The van der Waals surface area contributed by atoms with Crippen LogP contribution in [0.5, 0.6) is 0 Å². The molecule has 5 nitrogen and oxygen atoms in total. The number of benzene rings is 1. The van der Waals surface area contributed by atoms with Crippen molar-refractivity contribution >= 4 is 15.9 Å². The van der Waals surface area contributed by atoms with Crippen LogP contribution in [0.25, 0.3) is 5.69 Å². The molecule has 15 heavy (non-hydrogen) atoms. The van der Waals surface area contributed by atoms with Crippen LogP contribution in [0.15, 0.2) is 33.5 Å². The Bertz CT molecular complexity index is 531. The minimum atomic E-state index is -0.289. The van der Waals surface area contributed by atoms with E-state index in [0.29, 0.717) is 11.5 Å². The Morgan fingerprint density at radius 3 is 2.80 bits per heavy atom. The van der Waals surface area contributed by atoms with Crippen LogP contribution >= 0.6 is 15.9 Å². The topological polar surface area (TPSA) is 76.7 Å². The summed E-state index contributed by atoms with van der Waals surface area (Å²) in [4.78, 5) is 14.1. The van der Waals surface area contributed by atoms with Crippen LogP contribution in [0.4, 0.5) is 0 Å². The smallest absolute Gasteiger partial charge is 0.324 e. The number of aromatic nitrogens is 3. The number of hydrogen-bond donors (Lipinski definition) is 2. The molecule has 0 radical (unpaired) electrons. The highest BCUT2D eigenvalue weighted by atomic mass is 79.9. The number of nitrogens with one attached hydrogen (secondary N) is 1. The van der Waals surface area contributed by atoms with E-state index in [1.807, 2.05) is 18.2 Å². The van der Waals surface area contributed by atoms with E-state index in [-0.39, 0.29) is 12.2 Å². The molecule has 6 heteroatoms. The molecule has 0 bridgehead atoms. The van der Waals surface area contributed by atoms with Crippen molar-refractivity contribution in [1.29, 1.82) is 0 Å². The van der Waals surface area contributed by atoms with Crippen LogP contribution in [0.1, 0.15) is 5.82 Å². The molecular formula is C9H9BrN4O. The summed E-state index contributed by atoms with van der Waals surface area (Å²) in [7, 11) is 0. The van der Waals surface area contributed by atoms with Gasteiger partial charge in [0, 0.05) is 4.47 Å². The van der Waals surface area contributed by atoms with Gasteiger partial charge in [0.25, 0.3) is 0 Å². The van der Waals surface area contributed by atoms with Crippen molar-refractivity contribution in [2.45, 2.75) is 6.54 Å². The van der Waals surface area contributed by atoms with Gasteiger partial charge in [-0.1, -0.05) is 12.1 Å². The molecule has 0 aliphatic carbocycles. The maximum Gasteiger partial charge on any atom is 0.348 e. The first kappa shape index (κ1) is 10.1. The van der Waals surface area contributed by atoms with Crippen molar-refractivity contribution < 1.29 is 0 Å². The average molecular weight is 269 g/mol. The number of nitrogens with two attached hydrogens (primary N) is 1. The van der Waals surface area contributed by atoms with Crippen molar-refractivity contribution in [2.24, 2.45) is 5.73 Å². The third-order valence-corrected chi connectivity index (χ3v) is 2.61. The Morgan fingerprint density at radius 1 is 1.47 bits per heavy atom. The number of halogens is 1. The molecule has 0 atom stereocenters. The van der Waals surface area contributed by atoms with E-state index < -0.39 is 0 Å². The molecule has 0 aliphatic rings. The molecule has 78 valence electrons. The summed E-state index contributed by atoms with van der Waals surface area (Å²) < 4.78 is 2.09. The highest BCUT2D eigenvalue weighted by Crippen LogP contribution is 2.17. The molecule has 0 spiro atoms. The zero-order valence-electron chi connectivity index (χ0n) is 7.77. The lowest BCUT2D eigenvalue weighted by Gasteiger charge is -2.00. The van der Waals surface area contributed by atoms with Gasteiger partial charge in [0.15, 0.2) is 0 Å². The van der Waals surface area contributed by atoms with Gasteiger partial charge in [0.05, 0.1) is 12.2 Å². The first-order valence-corrected chi connectivity index (χ1v) is 5.15. The Labute approximate surface area is 94.0 Å². The highest BCUT2D eigenvalue weighted by molar-refractivity contribution is 9.10. The van der Waals surface area contributed by atoms with Crippen LogP contribution in [0.2, 0.25) is 0 Å². The third kappa shape index (κ3) is 1.86. The number of nitrogens with zero attached hydrogens (tertiary/aromatic N) is 2. The molecule has 0 fully saturated rings. The molecule has 0 unspecified atom stereocenters. The molecular weight excluding hydrogens is 260 g/mol. The van der Waals surface area contributed by atoms with Crippen molar-refractivity contribution in [2.75, 3.05) is 0 Å². The number of para-hydroxylation sites is 1. The van der Waals surface area contributed by atoms with Crippen molar-refractivity contribution in [3.63, 3.8) is 0 Å². The summed E-state index contributed by atoms with van der Waals surface area (Å²) in [6, 6.07) is 7.35. The second-order valence-electron chi connectivity index (χ2n) is 2.94. The summed E-state index contributed by atoms with van der Waals surface area (Å²) in [5.41, 5.74) is 5.79. The summed E-state index contributed by atoms with van der Waals surface area (Å²) in [6.07, 6.45) is 0. The average Bonchev–Trinajstić information content (AvgIpc) is 2.60. The van der Waals surface area contributed by atoms with Crippen LogP contribution in [0, 0.1) is 0 Å². The SMILES string of the molecule is NCc1nn(-c2ccccc2Br)c(=O)[nH]1. The Hall–Kier alpha value is -1.40. The first-order chi connectivity index (χ1) is 7.22. The first-order valence-electron chi connectivity index (χ1n) is 4.35. The Morgan fingerprint density at radius 2 is 2.20 bits per heavy atom. The van der Waals surface area contributed by atoms with E-state index in [1.54, 1.807) is 6.07 Å². The van der Waals surface area contributed by atoms with Gasteiger partial charge in [-0.25, -0.2) is 4.79 Å². The van der Waals surface area contributed by atoms with Crippen molar-refractivity contribution in [1.82, 2.24) is 14.8 Å². The van der Waals surface area contributed by atoms with Gasteiger partial charge in [-0.15, -0.1) is 5.10 Å². The maximum atomic E-state index is 11.5. The predicted molar refractivity (Wildman–Crippen MR) is 59.8 cm³/mol. The van der Waals surface area contributed by atoms with Gasteiger partial charge in [-0.3, -0.25) is 4.98 Å². The molecule has 2 aromatic rings. The van der Waals surface area contributed by atoms with E-state index in [9.17, 15) is 4.79 Å². The largest absolute Gasteiger partial charge is 0.348 e. The molecule has 0 saturated heterocycles. The predicted octanol–water partition coefficient (Wildman–Crippen LogP) is 0.782. The fourth-order valence-corrected chi connectivity index (χ4v) is 1.70. The van der Waals surface area contributed by atoms with E-state index >= 15 is 0 Å². The minimum Gasteiger partial charge on any atom is -0.324 e. The molecule has 0 saturated carbocycles. The molecule has 0 amide bonds. The van der Waals surface area contributed by atoms with E-state index in [4.69, 9.17) is 5.73 Å². The molecule has 0 aliphatic heterocycles. The van der Waals surface area contributed by atoms with Gasteiger partial charge < -0.3 is 5.73 Å². The monoisotopic (exact) mass is 268 g/mol. The van der Waals surface area contributed by atoms with Gasteiger partial charge in [0.2, 0.25) is 0 Å². The quantitative estimate of drug-likeness (QED) is 0.845. The Kier molecular flexibility index (Phi) is 2.70. The van der Waals surface area contributed by atoms with Gasteiger partial charge in [-0.05, 0) is 28.1 Å². The summed E-state index contributed by atoms with van der Waals surface area (Å²) in [5, 5.41) is 4.05. The lowest BCUT2D eigenvalue weighted by Crippen LogP contribution is -2.16. The van der Waals surface area contributed by atoms with Gasteiger partial charge in [-0.2, -0.15) is 4.68 Å². The fourth-order valence-electron chi connectivity index (χ4n) is 1.25. The number of aromatic amines is 1. The van der Waals surface area contributed by atoms with E-state index in [1.165, 1.54) is 4.68 Å². The van der Waals surface area contributed by atoms with Gasteiger partial charge in [0.1, 0.15) is 5.82 Å². The van der Waals surface area contributed by atoms with E-state index in [0.717, 1.165) is 4.47 Å². The summed E-state index contributed by atoms with van der Waals surface area (Å²) in [6.45, 7) is 0.215. The van der Waals surface area contributed by atoms with Crippen LogP contribution in [0.3, 0.4) is 0 Å². The fraction of sp³-hybridized carbons (Fsp3) is 0.111. The Balaban J connectivity index is 2.59. The maximum absolute atomic E-state index is 11.5. The van der Waals surface area contributed by atoms with Crippen LogP contribution in [-0.4, -0.2) is 14.8 Å². The molecule has 2 rings (SSSR count). The molecule has 1 aromatic heterocycles. The third-order valence-electron chi connectivity index (χ3n) is 1.94. The summed E-state index contributed by atoms with van der Waals surface area (Å²) in [5.74, 6) is 0.468. The zero-order chi connectivity index (χ0) is 10.8. The number of hydrogen-bond acceptors (Lipinski definition) is 3. The van der Waals surface area contributed by atoms with Gasteiger partial charge >= 0.3 is 5.69 Å². The molecule has 3 N–H and O–H groups in total.